The molecule has 3 heteroatoms. The Labute approximate surface area is 86.3 Å². The molecule has 0 aromatic carbocycles. The van der Waals surface area contributed by atoms with Crippen LogP contribution in [0, 0.1) is 11.8 Å². The molecule has 3 N–H and O–H groups in total. The normalized spacial score (nSPS) is 40.1. The predicted octanol–water partition coefficient (Wildman–Crippen LogP) is 0.426. The molecule has 0 bridgehead atoms. The monoisotopic (exact) mass is 198 g/mol. The zero-order valence-electron chi connectivity index (χ0n) is 9.02. The summed E-state index contributed by atoms with van der Waals surface area (Å²) >= 11 is 0. The number of hydrogen-bond donors (Lipinski definition) is 2. The predicted molar refractivity (Wildman–Crippen MR) is 56.9 cm³/mol. The van der Waals surface area contributed by atoms with E-state index in [1.165, 1.54) is 13.0 Å². The van der Waals surface area contributed by atoms with E-state index in [1.54, 1.807) is 0 Å². The van der Waals surface area contributed by atoms with Crippen LogP contribution in [0.25, 0.3) is 0 Å². The molecule has 4 atom stereocenters. The second-order valence-electron chi connectivity index (χ2n) is 4.95. The van der Waals surface area contributed by atoms with Gasteiger partial charge in [0.2, 0.25) is 0 Å². The number of fused-ring (bicyclic) bond motifs is 1. The molecule has 2 aliphatic rings. The Morgan fingerprint density at radius 3 is 2.86 bits per heavy atom. The molecule has 3 nitrogen and oxygen atoms in total. The number of nitrogens with two attached hydrogens (primary N) is 1. The van der Waals surface area contributed by atoms with Crippen LogP contribution in [0.4, 0.5) is 0 Å². The van der Waals surface area contributed by atoms with E-state index in [1.807, 2.05) is 0 Å². The second kappa shape index (κ2) is 4.17. The van der Waals surface area contributed by atoms with Crippen molar-refractivity contribution in [3.63, 3.8) is 0 Å². The summed E-state index contributed by atoms with van der Waals surface area (Å²) in [6.07, 6.45) is 3.29. The Morgan fingerprint density at radius 1 is 1.43 bits per heavy atom. The number of hydrogen-bond acceptors (Lipinski definition) is 3. The van der Waals surface area contributed by atoms with Crippen LogP contribution in [-0.4, -0.2) is 41.8 Å². The third-order valence-electron chi connectivity index (χ3n) is 4.06. The number of aliphatic hydroxyl groups is 1. The van der Waals surface area contributed by atoms with Crippen LogP contribution in [0.2, 0.25) is 0 Å². The van der Waals surface area contributed by atoms with Crippen molar-refractivity contribution < 1.29 is 5.11 Å². The van der Waals surface area contributed by atoms with Gasteiger partial charge in [-0.15, -0.1) is 0 Å². The van der Waals surface area contributed by atoms with Crippen LogP contribution >= 0.6 is 0 Å². The van der Waals surface area contributed by atoms with Gasteiger partial charge in [-0.25, -0.2) is 0 Å². The topological polar surface area (TPSA) is 49.5 Å². The average Bonchev–Trinajstić information content (AvgIpc) is 2.69. The molecule has 1 aliphatic carbocycles. The summed E-state index contributed by atoms with van der Waals surface area (Å²) in [5, 5.41) is 9.78. The standard InChI is InChI=1S/C11H22N2O/c1-8(4-5-12)13-6-9-2-3-11(14)10(9)7-13/h8-11,14H,2-7,12H2,1H3. The molecule has 0 aromatic rings. The first kappa shape index (κ1) is 10.4. The fourth-order valence-electron chi connectivity index (χ4n) is 3.05. The third kappa shape index (κ3) is 1.81. The van der Waals surface area contributed by atoms with Gasteiger partial charge in [0.25, 0.3) is 0 Å². The van der Waals surface area contributed by atoms with Crippen LogP contribution in [0.1, 0.15) is 26.2 Å². The Hall–Kier alpha value is -0.120. The average molecular weight is 198 g/mol. The smallest absolute Gasteiger partial charge is 0.0583 e. The molecule has 1 saturated heterocycles. The molecule has 2 fully saturated rings. The fourth-order valence-corrected chi connectivity index (χ4v) is 3.05. The van der Waals surface area contributed by atoms with Crippen molar-refractivity contribution in [3.05, 3.63) is 0 Å². The zero-order chi connectivity index (χ0) is 10.1. The van der Waals surface area contributed by atoms with E-state index in [0.29, 0.717) is 12.0 Å². The highest BCUT2D eigenvalue weighted by Crippen LogP contribution is 2.38. The van der Waals surface area contributed by atoms with Gasteiger partial charge in [0.15, 0.2) is 0 Å². The number of nitrogens with zero attached hydrogens (tertiary/aromatic N) is 1. The van der Waals surface area contributed by atoms with Gasteiger partial charge in [-0.1, -0.05) is 0 Å². The highest BCUT2D eigenvalue weighted by molar-refractivity contribution is 4.94. The fraction of sp³-hybridized carbons (Fsp3) is 1.00. The van der Waals surface area contributed by atoms with Crippen LogP contribution < -0.4 is 5.73 Å². The molecule has 1 aliphatic heterocycles. The van der Waals surface area contributed by atoms with Crippen LogP contribution in [0.5, 0.6) is 0 Å². The summed E-state index contributed by atoms with van der Waals surface area (Å²) in [6, 6.07) is 0.595. The lowest BCUT2D eigenvalue weighted by Gasteiger charge is -2.25. The SMILES string of the molecule is CC(CCN)N1CC2CCC(O)C2C1. The van der Waals surface area contributed by atoms with Crippen LogP contribution in [0.3, 0.4) is 0 Å². The van der Waals surface area contributed by atoms with E-state index in [-0.39, 0.29) is 6.10 Å². The molecule has 1 saturated carbocycles. The number of aliphatic hydroxyl groups excluding tert-OH is 1. The highest BCUT2D eigenvalue weighted by atomic mass is 16.3. The van der Waals surface area contributed by atoms with Crippen LogP contribution in [0.15, 0.2) is 0 Å². The summed E-state index contributed by atoms with van der Waals surface area (Å²) in [6.45, 7) is 5.30. The lowest BCUT2D eigenvalue weighted by molar-refractivity contribution is 0.118. The quantitative estimate of drug-likeness (QED) is 0.691. The first-order valence-electron chi connectivity index (χ1n) is 5.84. The van der Waals surface area contributed by atoms with Crippen LogP contribution in [-0.2, 0) is 0 Å². The maximum absolute atomic E-state index is 9.78. The largest absolute Gasteiger partial charge is 0.393 e. The molecular formula is C11H22N2O. The van der Waals surface area contributed by atoms with Crippen molar-refractivity contribution in [1.82, 2.24) is 4.90 Å². The zero-order valence-corrected chi connectivity index (χ0v) is 9.02. The molecule has 4 unspecified atom stereocenters. The molecule has 1 heterocycles. The number of rotatable bonds is 3. The molecule has 0 amide bonds. The van der Waals surface area contributed by atoms with Crippen molar-refractivity contribution in [3.8, 4) is 0 Å². The Balaban J connectivity index is 1.88. The van der Waals surface area contributed by atoms with Crippen molar-refractivity contribution in [2.24, 2.45) is 17.6 Å². The molecule has 0 radical (unpaired) electrons. The summed E-state index contributed by atoms with van der Waals surface area (Å²) < 4.78 is 0. The van der Waals surface area contributed by atoms with Crippen molar-refractivity contribution in [2.75, 3.05) is 19.6 Å². The first-order chi connectivity index (χ1) is 6.72. The van der Waals surface area contributed by atoms with Gasteiger partial charge in [-0.3, -0.25) is 4.90 Å². The van der Waals surface area contributed by atoms with Gasteiger partial charge in [0, 0.05) is 25.0 Å². The van der Waals surface area contributed by atoms with Crippen molar-refractivity contribution >= 4 is 0 Å². The third-order valence-corrected chi connectivity index (χ3v) is 4.06. The summed E-state index contributed by atoms with van der Waals surface area (Å²) in [7, 11) is 0. The van der Waals surface area contributed by atoms with E-state index in [4.69, 9.17) is 5.73 Å². The molecule has 82 valence electrons. The van der Waals surface area contributed by atoms with E-state index in [2.05, 4.69) is 11.8 Å². The maximum Gasteiger partial charge on any atom is 0.0583 e. The summed E-state index contributed by atoms with van der Waals surface area (Å²) in [5.41, 5.74) is 5.56. The highest BCUT2D eigenvalue weighted by Gasteiger charge is 2.42. The lowest BCUT2D eigenvalue weighted by Crippen LogP contribution is -2.34. The minimum absolute atomic E-state index is 0.0323. The molecule has 0 aromatic heterocycles. The number of likely N-dealkylation sites (tertiary alicyclic amines) is 1. The van der Waals surface area contributed by atoms with Gasteiger partial charge >= 0.3 is 0 Å². The molecule has 14 heavy (non-hydrogen) atoms. The van der Waals surface area contributed by atoms with Gasteiger partial charge in [0.1, 0.15) is 0 Å². The van der Waals surface area contributed by atoms with Crippen molar-refractivity contribution in [2.45, 2.75) is 38.3 Å². The molecule has 0 spiro atoms. The second-order valence-corrected chi connectivity index (χ2v) is 4.95. The van der Waals surface area contributed by atoms with E-state index < -0.39 is 0 Å². The van der Waals surface area contributed by atoms with Crippen molar-refractivity contribution in [1.29, 1.82) is 0 Å². The minimum Gasteiger partial charge on any atom is -0.393 e. The summed E-state index contributed by atoms with van der Waals surface area (Å²) in [4.78, 5) is 2.50. The Bertz CT molecular complexity index is 198. The summed E-state index contributed by atoms with van der Waals surface area (Å²) in [5.74, 6) is 1.31. The Morgan fingerprint density at radius 2 is 2.21 bits per heavy atom. The van der Waals surface area contributed by atoms with Gasteiger partial charge in [0.05, 0.1) is 6.10 Å². The molecular weight excluding hydrogens is 176 g/mol. The van der Waals surface area contributed by atoms with Gasteiger partial charge in [-0.2, -0.15) is 0 Å². The van der Waals surface area contributed by atoms with Gasteiger partial charge < -0.3 is 10.8 Å². The van der Waals surface area contributed by atoms with E-state index >= 15 is 0 Å². The Kier molecular flexibility index (Phi) is 3.10. The minimum atomic E-state index is -0.0323. The van der Waals surface area contributed by atoms with E-state index in [0.717, 1.165) is 31.8 Å². The van der Waals surface area contributed by atoms with E-state index in [9.17, 15) is 5.11 Å². The van der Waals surface area contributed by atoms with Gasteiger partial charge in [-0.05, 0) is 38.6 Å². The maximum atomic E-state index is 9.78. The first-order valence-corrected chi connectivity index (χ1v) is 5.84. The lowest BCUT2D eigenvalue weighted by atomic mass is 10.00. The molecule has 2 rings (SSSR count).